The molecule has 144 valence electrons. The molecule has 3 rings (SSSR count). The number of hydrogen-bond acceptors (Lipinski definition) is 5. The van der Waals surface area contributed by atoms with E-state index in [4.69, 9.17) is 10.00 Å². The number of nitriles is 1. The third kappa shape index (κ3) is 5.61. The monoisotopic (exact) mass is 394 g/mol. The van der Waals surface area contributed by atoms with E-state index in [9.17, 15) is 9.59 Å². The quantitative estimate of drug-likeness (QED) is 0.569. The summed E-state index contributed by atoms with van der Waals surface area (Å²) >= 11 is 1.34. The minimum atomic E-state index is -0.418. The van der Waals surface area contributed by atoms with Crippen LogP contribution in [-0.4, -0.2) is 24.2 Å². The topological polar surface area (TPSA) is 79.2 Å². The summed E-state index contributed by atoms with van der Waals surface area (Å²) in [5.41, 5.74) is 4.22. The molecule has 0 saturated carbocycles. The second-order valence-corrected chi connectivity index (χ2v) is 7.66. The Morgan fingerprint density at radius 3 is 2.71 bits per heavy atom. The Bertz CT molecular complexity index is 905. The third-order valence-electron chi connectivity index (χ3n) is 4.58. The molecule has 6 heteroatoms. The highest BCUT2D eigenvalue weighted by molar-refractivity contribution is 7.99. The molecule has 0 saturated heterocycles. The minimum Gasteiger partial charge on any atom is -0.455 e. The fraction of sp³-hybridized carbons (Fsp3) is 0.318. The molecule has 0 spiro atoms. The average Bonchev–Trinajstić information content (AvgIpc) is 2.71. The Morgan fingerprint density at radius 1 is 1.11 bits per heavy atom. The maximum absolute atomic E-state index is 12.1. The van der Waals surface area contributed by atoms with E-state index >= 15 is 0 Å². The second kappa shape index (κ2) is 9.95. The predicted octanol–water partition coefficient (Wildman–Crippen LogP) is 3.91. The lowest BCUT2D eigenvalue weighted by molar-refractivity contribution is -0.146. The first kappa shape index (κ1) is 20.0. The van der Waals surface area contributed by atoms with Gasteiger partial charge in [0.25, 0.3) is 5.91 Å². The van der Waals surface area contributed by atoms with Crippen LogP contribution in [0.4, 0.5) is 5.69 Å². The van der Waals surface area contributed by atoms with Crippen LogP contribution in [0.25, 0.3) is 0 Å². The van der Waals surface area contributed by atoms with Gasteiger partial charge in [0.15, 0.2) is 6.61 Å². The van der Waals surface area contributed by atoms with Crippen LogP contribution in [0.2, 0.25) is 0 Å². The Labute approximate surface area is 169 Å². The molecular weight excluding hydrogens is 372 g/mol. The number of para-hydroxylation sites is 1. The molecule has 0 atom stereocenters. The van der Waals surface area contributed by atoms with Crippen LogP contribution in [0.15, 0.2) is 47.4 Å². The molecule has 1 aliphatic carbocycles. The first-order valence-corrected chi connectivity index (χ1v) is 10.3. The van der Waals surface area contributed by atoms with Gasteiger partial charge in [0.05, 0.1) is 23.9 Å². The highest BCUT2D eigenvalue weighted by atomic mass is 32.2. The molecule has 2 aromatic rings. The molecule has 1 amide bonds. The van der Waals surface area contributed by atoms with Crippen molar-refractivity contribution in [3.63, 3.8) is 0 Å². The maximum Gasteiger partial charge on any atom is 0.310 e. The average molecular weight is 394 g/mol. The van der Waals surface area contributed by atoms with E-state index in [0.29, 0.717) is 11.4 Å². The van der Waals surface area contributed by atoms with Crippen LogP contribution in [0.3, 0.4) is 0 Å². The summed E-state index contributed by atoms with van der Waals surface area (Å²) in [5, 5.41) is 11.4. The molecule has 0 aliphatic heterocycles. The van der Waals surface area contributed by atoms with E-state index < -0.39 is 11.9 Å². The fourth-order valence-electron chi connectivity index (χ4n) is 3.25. The highest BCUT2D eigenvalue weighted by Gasteiger charge is 2.13. The fourth-order valence-corrected chi connectivity index (χ4v) is 3.92. The summed E-state index contributed by atoms with van der Waals surface area (Å²) in [6, 6.07) is 15.4. The summed E-state index contributed by atoms with van der Waals surface area (Å²) in [5.74, 6) is -0.523. The largest absolute Gasteiger partial charge is 0.455 e. The van der Waals surface area contributed by atoms with Crippen molar-refractivity contribution in [1.29, 1.82) is 5.26 Å². The molecule has 0 fully saturated rings. The van der Waals surface area contributed by atoms with Gasteiger partial charge >= 0.3 is 5.97 Å². The molecule has 0 radical (unpaired) electrons. The predicted molar refractivity (Wildman–Crippen MR) is 109 cm³/mol. The molecule has 2 aromatic carbocycles. The van der Waals surface area contributed by atoms with Gasteiger partial charge in [0.2, 0.25) is 0 Å². The number of hydrogen-bond donors (Lipinski definition) is 1. The Hall–Kier alpha value is -2.78. The molecular formula is C22H22N2O3S. The summed E-state index contributed by atoms with van der Waals surface area (Å²) in [6.07, 6.45) is 4.74. The van der Waals surface area contributed by atoms with Crippen molar-refractivity contribution in [3.8, 4) is 6.07 Å². The number of fused-ring (bicyclic) bond motifs is 1. The van der Waals surface area contributed by atoms with Crippen LogP contribution in [0.5, 0.6) is 0 Å². The molecule has 0 heterocycles. The summed E-state index contributed by atoms with van der Waals surface area (Å²) in [4.78, 5) is 25.0. The molecule has 0 bridgehead atoms. The number of benzene rings is 2. The highest BCUT2D eigenvalue weighted by Crippen LogP contribution is 2.26. The minimum absolute atomic E-state index is 0.162. The smallest absolute Gasteiger partial charge is 0.310 e. The van der Waals surface area contributed by atoms with Crippen molar-refractivity contribution in [2.24, 2.45) is 0 Å². The number of esters is 1. The second-order valence-electron chi connectivity index (χ2n) is 6.64. The number of carbonyl (C=O) groups is 2. The molecule has 1 aliphatic rings. The number of anilines is 1. The van der Waals surface area contributed by atoms with Gasteiger partial charge in [-0.3, -0.25) is 9.59 Å². The standard InChI is InChI=1S/C22H22N2O3S/c23-11-12-28-20-8-4-3-7-19(20)24-21(25)15-27-22(26)14-16-9-10-17-5-1-2-6-18(17)13-16/h3-4,7-10,13H,1-2,5-6,12,14-15H2,(H,24,25). The summed E-state index contributed by atoms with van der Waals surface area (Å²) < 4.78 is 5.13. The maximum atomic E-state index is 12.1. The van der Waals surface area contributed by atoms with E-state index in [2.05, 4.69) is 23.5 Å². The molecule has 5 nitrogen and oxygen atoms in total. The van der Waals surface area contributed by atoms with Gasteiger partial charge in [-0.15, -0.1) is 11.8 Å². The SMILES string of the molecule is N#CCSc1ccccc1NC(=O)COC(=O)Cc1ccc2c(c1)CCCC2. The van der Waals surface area contributed by atoms with Crippen LogP contribution in [0, 0.1) is 11.3 Å². The lowest BCUT2D eigenvalue weighted by Gasteiger charge is -2.16. The number of aryl methyl sites for hydroxylation is 2. The van der Waals surface area contributed by atoms with E-state index in [-0.39, 0.29) is 13.0 Å². The van der Waals surface area contributed by atoms with Crippen LogP contribution in [0.1, 0.15) is 29.5 Å². The van der Waals surface area contributed by atoms with Crippen molar-refractivity contribution in [1.82, 2.24) is 0 Å². The zero-order chi connectivity index (χ0) is 19.8. The summed E-state index contributed by atoms with van der Waals surface area (Å²) in [6.45, 7) is -0.332. The molecule has 0 aromatic heterocycles. The van der Waals surface area contributed by atoms with Crippen molar-refractivity contribution < 1.29 is 14.3 Å². The van der Waals surface area contributed by atoms with Gasteiger partial charge < -0.3 is 10.1 Å². The zero-order valence-electron chi connectivity index (χ0n) is 15.6. The van der Waals surface area contributed by atoms with Gasteiger partial charge in [-0.05, 0) is 54.5 Å². The Balaban J connectivity index is 1.50. The van der Waals surface area contributed by atoms with E-state index in [1.54, 1.807) is 12.1 Å². The zero-order valence-corrected chi connectivity index (χ0v) is 16.4. The number of amides is 1. The molecule has 0 unspecified atom stereocenters. The molecule has 1 N–H and O–H groups in total. The Kier molecular flexibility index (Phi) is 7.10. The van der Waals surface area contributed by atoms with Crippen LogP contribution in [-0.2, 0) is 33.6 Å². The van der Waals surface area contributed by atoms with Crippen molar-refractivity contribution in [2.75, 3.05) is 17.7 Å². The first-order chi connectivity index (χ1) is 13.7. The van der Waals surface area contributed by atoms with Crippen LogP contribution < -0.4 is 5.32 Å². The van der Waals surface area contributed by atoms with Gasteiger partial charge in [-0.2, -0.15) is 5.26 Å². The number of thioether (sulfide) groups is 1. The van der Waals surface area contributed by atoms with Gasteiger partial charge in [-0.1, -0.05) is 30.3 Å². The lowest BCUT2D eigenvalue weighted by atomic mass is 9.90. The van der Waals surface area contributed by atoms with Crippen LogP contribution >= 0.6 is 11.8 Å². The van der Waals surface area contributed by atoms with Gasteiger partial charge in [0, 0.05) is 4.90 Å². The Morgan fingerprint density at radius 2 is 1.89 bits per heavy atom. The lowest BCUT2D eigenvalue weighted by Crippen LogP contribution is -2.22. The first-order valence-electron chi connectivity index (χ1n) is 9.30. The van der Waals surface area contributed by atoms with Crippen molar-refractivity contribution in [3.05, 3.63) is 59.2 Å². The van der Waals surface area contributed by atoms with E-state index in [1.165, 1.54) is 35.7 Å². The third-order valence-corrected chi connectivity index (χ3v) is 5.52. The normalized spacial score (nSPS) is 12.5. The van der Waals surface area contributed by atoms with Gasteiger partial charge in [-0.25, -0.2) is 0 Å². The number of rotatable bonds is 7. The van der Waals surface area contributed by atoms with Gasteiger partial charge in [0.1, 0.15) is 0 Å². The van der Waals surface area contributed by atoms with Crippen molar-refractivity contribution >= 4 is 29.3 Å². The number of nitrogens with one attached hydrogen (secondary N) is 1. The van der Waals surface area contributed by atoms with E-state index in [1.807, 2.05) is 18.2 Å². The number of carbonyl (C=O) groups excluding carboxylic acids is 2. The number of ether oxygens (including phenoxy) is 1. The van der Waals surface area contributed by atoms with E-state index in [0.717, 1.165) is 23.3 Å². The van der Waals surface area contributed by atoms with Crippen molar-refractivity contribution in [2.45, 2.75) is 37.0 Å². The number of nitrogens with zero attached hydrogens (tertiary/aromatic N) is 1. The molecule has 28 heavy (non-hydrogen) atoms. The summed E-state index contributed by atoms with van der Waals surface area (Å²) in [7, 11) is 0.